The third kappa shape index (κ3) is 10.9. The fraction of sp³-hybridized carbons (Fsp3) is 0.342. The highest BCUT2D eigenvalue weighted by Gasteiger charge is 2.51. The smallest absolute Gasteiger partial charge is 0.325 e. The molecule has 0 bridgehead atoms. The molecule has 0 unspecified atom stereocenters. The number of carbonyl (C=O) groups excluding carboxylic acids is 5. The van der Waals surface area contributed by atoms with Gasteiger partial charge in [0, 0.05) is 5.75 Å². The van der Waals surface area contributed by atoms with E-state index in [0.29, 0.717) is 19.3 Å². The second kappa shape index (κ2) is 19.1. The number of hydrogen-bond acceptors (Lipinski definition) is 9. The summed E-state index contributed by atoms with van der Waals surface area (Å²) in [4.78, 5) is 61.6. The third-order valence-electron chi connectivity index (χ3n) is 8.35. The molecule has 4 amide bonds. The Kier molecular flexibility index (Phi) is 14.7. The Bertz CT molecular complexity index is 1560. The highest BCUT2D eigenvalue weighted by molar-refractivity contribution is 8.00. The number of rotatable bonds is 19. The molecule has 0 aliphatic heterocycles. The van der Waals surface area contributed by atoms with Gasteiger partial charge in [-0.2, -0.15) is 12.6 Å². The molecule has 0 heterocycles. The van der Waals surface area contributed by atoms with Crippen molar-refractivity contribution >= 4 is 54.0 Å². The van der Waals surface area contributed by atoms with Gasteiger partial charge in [-0.25, -0.2) is 0 Å². The zero-order valence-corrected chi connectivity index (χ0v) is 30.1. The van der Waals surface area contributed by atoms with Crippen LogP contribution >= 0.6 is 24.4 Å². The topological polar surface area (TPSA) is 163 Å². The van der Waals surface area contributed by atoms with Gasteiger partial charge in [-0.05, 0) is 41.7 Å². The van der Waals surface area contributed by atoms with Gasteiger partial charge in [0.25, 0.3) is 0 Å². The lowest BCUT2D eigenvalue weighted by atomic mass is 9.84. The fourth-order valence-electron chi connectivity index (χ4n) is 5.50. The lowest BCUT2D eigenvalue weighted by Crippen LogP contribution is -2.57. The number of aliphatic hydroxyl groups is 1. The minimum absolute atomic E-state index is 0.0592. The summed E-state index contributed by atoms with van der Waals surface area (Å²) < 4.78 is 4.05. The number of nitrogens with one attached hydrogen (secondary N) is 4. The summed E-state index contributed by atoms with van der Waals surface area (Å²) in [6.45, 7) is -0.753. The van der Waals surface area contributed by atoms with Gasteiger partial charge >= 0.3 is 5.97 Å². The Morgan fingerprint density at radius 1 is 0.863 bits per heavy atom. The quantitative estimate of drug-likeness (QED) is 0.0361. The van der Waals surface area contributed by atoms with E-state index < -0.39 is 58.6 Å². The third-order valence-corrected chi connectivity index (χ3v) is 10.3. The molecule has 13 heteroatoms. The van der Waals surface area contributed by atoms with E-state index in [9.17, 15) is 29.1 Å². The predicted octanol–water partition coefficient (Wildman–Crippen LogP) is 2.88. The van der Waals surface area contributed by atoms with E-state index in [1.807, 2.05) is 60.7 Å². The van der Waals surface area contributed by atoms with Crippen LogP contribution in [0.25, 0.3) is 0 Å². The highest BCUT2D eigenvalue weighted by atomic mass is 32.2. The summed E-state index contributed by atoms with van der Waals surface area (Å²) >= 11 is 5.94. The van der Waals surface area contributed by atoms with Crippen molar-refractivity contribution in [2.45, 2.75) is 48.1 Å². The average Bonchev–Trinajstić information content (AvgIpc) is 3.94. The Morgan fingerprint density at radius 2 is 1.41 bits per heavy atom. The maximum atomic E-state index is 12.8. The minimum Gasteiger partial charge on any atom is -0.468 e. The number of thiol groups is 1. The fourth-order valence-corrected chi connectivity index (χ4v) is 7.23. The van der Waals surface area contributed by atoms with Crippen molar-refractivity contribution in [3.05, 3.63) is 120 Å². The van der Waals surface area contributed by atoms with E-state index in [4.69, 9.17) is 0 Å². The Morgan fingerprint density at radius 3 is 1.90 bits per heavy atom. The van der Waals surface area contributed by atoms with Crippen LogP contribution in [0.15, 0.2) is 103 Å². The number of carbonyl (C=O) groups is 5. The molecule has 11 nitrogen and oxygen atoms in total. The number of amides is 4. The first kappa shape index (κ1) is 39.2. The first-order valence-corrected chi connectivity index (χ1v) is 18.2. The Balaban J connectivity index is 1.24. The van der Waals surface area contributed by atoms with Crippen molar-refractivity contribution in [3.8, 4) is 0 Å². The van der Waals surface area contributed by atoms with Crippen LogP contribution in [0.5, 0.6) is 0 Å². The summed E-state index contributed by atoms with van der Waals surface area (Å²) in [5.74, 6) is -2.28. The maximum absolute atomic E-state index is 12.8. The molecule has 5 N–H and O–H groups in total. The number of aliphatic hydroxyl groups excluding tert-OH is 1. The van der Waals surface area contributed by atoms with Crippen molar-refractivity contribution in [3.63, 3.8) is 0 Å². The summed E-state index contributed by atoms with van der Waals surface area (Å²) in [6.07, 6.45) is 3.50. The minimum atomic E-state index is -1.16. The molecule has 270 valence electrons. The van der Waals surface area contributed by atoms with Gasteiger partial charge in [0.15, 0.2) is 0 Å². The van der Waals surface area contributed by atoms with E-state index in [0.717, 1.165) is 22.4 Å². The van der Waals surface area contributed by atoms with Gasteiger partial charge in [0.1, 0.15) is 18.1 Å². The number of allylic oxidation sites excluding steroid dienone is 1. The number of thioether (sulfide) groups is 1. The number of esters is 1. The first-order chi connectivity index (χ1) is 24.6. The van der Waals surface area contributed by atoms with E-state index in [-0.39, 0.29) is 18.7 Å². The van der Waals surface area contributed by atoms with Crippen LogP contribution in [0, 0.1) is 0 Å². The van der Waals surface area contributed by atoms with E-state index >= 15 is 0 Å². The van der Waals surface area contributed by atoms with Gasteiger partial charge in [0.2, 0.25) is 23.6 Å². The van der Waals surface area contributed by atoms with Crippen molar-refractivity contribution in [1.82, 2.24) is 21.3 Å². The molecule has 1 fully saturated rings. The predicted molar refractivity (Wildman–Crippen MR) is 200 cm³/mol. The van der Waals surface area contributed by atoms with Crippen LogP contribution in [0.2, 0.25) is 0 Å². The molecule has 4 rings (SSSR count). The SMILES string of the molecule is COC(=O)CNC(=O)C1(NC(=O)[C@@H](CS)NC(=O)CNC(=O)C[C@H](O)/C=C/CCSC(c2ccccc2)(c2ccccc2)c2ccccc2)CC1. The van der Waals surface area contributed by atoms with Crippen LogP contribution in [-0.2, 0) is 33.5 Å². The van der Waals surface area contributed by atoms with Crippen molar-refractivity contribution in [1.29, 1.82) is 0 Å². The second-order valence-corrected chi connectivity index (χ2v) is 13.7. The second-order valence-electron chi connectivity index (χ2n) is 12.0. The van der Waals surface area contributed by atoms with Gasteiger partial charge < -0.3 is 31.1 Å². The summed E-state index contributed by atoms with van der Waals surface area (Å²) in [6, 6.07) is 30.0. The van der Waals surface area contributed by atoms with E-state index in [2.05, 4.69) is 75.0 Å². The Labute approximate surface area is 307 Å². The van der Waals surface area contributed by atoms with Crippen molar-refractivity contribution in [2.24, 2.45) is 0 Å². The monoisotopic (exact) mass is 732 g/mol. The highest BCUT2D eigenvalue weighted by Crippen LogP contribution is 2.48. The molecule has 2 atom stereocenters. The molecule has 1 aliphatic carbocycles. The molecule has 0 saturated heterocycles. The molecule has 1 aliphatic rings. The molecular formula is C38H44N4O7S2. The molecular weight excluding hydrogens is 689 g/mol. The maximum Gasteiger partial charge on any atom is 0.325 e. The normalized spacial score (nSPS) is 14.5. The molecule has 3 aromatic rings. The molecule has 3 aromatic carbocycles. The largest absolute Gasteiger partial charge is 0.468 e. The molecule has 0 spiro atoms. The number of ether oxygens (including phenoxy) is 1. The zero-order valence-electron chi connectivity index (χ0n) is 28.4. The molecule has 1 saturated carbocycles. The van der Waals surface area contributed by atoms with Crippen molar-refractivity contribution < 1.29 is 33.8 Å². The molecule has 0 radical (unpaired) electrons. The number of methoxy groups -OCH3 is 1. The van der Waals surface area contributed by atoms with Crippen LogP contribution in [0.4, 0.5) is 0 Å². The summed E-state index contributed by atoms with van der Waals surface area (Å²) in [5.41, 5.74) is 2.31. The van der Waals surface area contributed by atoms with Gasteiger partial charge in [-0.3, -0.25) is 24.0 Å². The number of hydrogen-bond donors (Lipinski definition) is 6. The van der Waals surface area contributed by atoms with E-state index in [1.54, 1.807) is 17.8 Å². The summed E-state index contributed by atoms with van der Waals surface area (Å²) in [7, 11) is 1.20. The van der Waals surface area contributed by atoms with Crippen LogP contribution < -0.4 is 21.3 Å². The summed E-state index contributed by atoms with van der Waals surface area (Å²) in [5, 5.41) is 20.5. The van der Waals surface area contributed by atoms with Gasteiger partial charge in [0.05, 0.1) is 30.9 Å². The lowest BCUT2D eigenvalue weighted by molar-refractivity contribution is -0.141. The van der Waals surface area contributed by atoms with Crippen LogP contribution in [0.3, 0.4) is 0 Å². The van der Waals surface area contributed by atoms with Crippen LogP contribution in [0.1, 0.15) is 42.4 Å². The first-order valence-electron chi connectivity index (χ1n) is 16.6. The average molecular weight is 733 g/mol. The van der Waals surface area contributed by atoms with E-state index in [1.165, 1.54) is 7.11 Å². The zero-order chi connectivity index (χ0) is 36.7. The van der Waals surface area contributed by atoms with Crippen molar-refractivity contribution in [2.75, 3.05) is 31.7 Å². The lowest BCUT2D eigenvalue weighted by Gasteiger charge is -2.35. The van der Waals surface area contributed by atoms with Gasteiger partial charge in [-0.1, -0.05) is 103 Å². The van der Waals surface area contributed by atoms with Gasteiger partial charge in [-0.15, -0.1) is 11.8 Å². The standard InChI is InChI=1S/C38H44N4O7S2/c1-49-34(46)25-40-36(48)37(20-21-37)42-35(47)31(26-50)41-33(45)24-39-32(44)23-30(43)19-11-12-22-51-38(27-13-5-2-6-14-27,28-15-7-3-8-16-28)29-17-9-4-10-18-29/h2-11,13-19,30-31,43,50H,12,20-26H2,1H3,(H,39,44)(H,40,48)(H,41,45)(H,42,47)/b19-11+/t30-,31-/m1/s1. The van der Waals surface area contributed by atoms with Crippen LogP contribution in [-0.4, -0.2) is 84.1 Å². The molecule has 51 heavy (non-hydrogen) atoms. The Hall–Kier alpha value is -4.59. The number of benzene rings is 3. The molecule has 0 aromatic heterocycles.